The third-order valence-electron chi connectivity index (χ3n) is 5.68. The summed E-state index contributed by atoms with van der Waals surface area (Å²) < 4.78 is 2.05. The molecule has 0 aliphatic heterocycles. The van der Waals surface area contributed by atoms with E-state index >= 15 is 0 Å². The van der Waals surface area contributed by atoms with E-state index in [1.807, 2.05) is 62.6 Å². The zero-order valence-corrected chi connectivity index (χ0v) is 19.6. The molecule has 0 fully saturated rings. The highest BCUT2D eigenvalue weighted by atomic mass is 16.1. The van der Waals surface area contributed by atoms with E-state index in [9.17, 15) is 4.79 Å². The summed E-state index contributed by atoms with van der Waals surface area (Å²) >= 11 is 0. The van der Waals surface area contributed by atoms with E-state index in [-0.39, 0.29) is 5.91 Å². The van der Waals surface area contributed by atoms with Crippen LogP contribution in [0, 0.1) is 6.92 Å². The number of benzene rings is 2. The highest BCUT2D eigenvalue weighted by Gasteiger charge is 2.11. The second-order valence-corrected chi connectivity index (χ2v) is 8.07. The predicted molar refractivity (Wildman–Crippen MR) is 135 cm³/mol. The summed E-state index contributed by atoms with van der Waals surface area (Å²) in [4.78, 5) is 24.0. The summed E-state index contributed by atoms with van der Waals surface area (Å²) in [6.45, 7) is 7.97. The molecule has 0 radical (unpaired) electrons. The number of rotatable bonds is 8. The Morgan fingerprint density at radius 1 is 1.00 bits per heavy atom. The van der Waals surface area contributed by atoms with Gasteiger partial charge >= 0.3 is 0 Å². The van der Waals surface area contributed by atoms with Crippen molar-refractivity contribution in [2.24, 2.45) is 7.05 Å². The van der Waals surface area contributed by atoms with Gasteiger partial charge in [-0.3, -0.25) is 4.79 Å². The highest BCUT2D eigenvalue weighted by Crippen LogP contribution is 2.22. The Bertz CT molecular complexity index is 1260. The monoisotopic (exact) mass is 442 g/mol. The maximum Gasteiger partial charge on any atom is 0.229 e. The van der Waals surface area contributed by atoms with Crippen LogP contribution in [0.2, 0.25) is 0 Å². The largest absolute Gasteiger partial charge is 0.357 e. The molecule has 0 saturated carbocycles. The number of nitrogens with zero attached hydrogens (tertiary/aromatic N) is 4. The van der Waals surface area contributed by atoms with Crippen molar-refractivity contribution in [1.82, 2.24) is 14.5 Å². The molecule has 0 saturated heterocycles. The molecule has 0 atom stereocenters. The number of hydrogen-bond donors (Lipinski definition) is 2. The molecule has 0 bridgehead atoms. The summed E-state index contributed by atoms with van der Waals surface area (Å²) in [6.07, 6.45) is 2.35. The molecule has 4 rings (SSSR count). The van der Waals surface area contributed by atoms with Gasteiger partial charge in [-0.2, -0.15) is 4.98 Å². The van der Waals surface area contributed by atoms with Crippen LogP contribution >= 0.6 is 0 Å². The van der Waals surface area contributed by atoms with E-state index < -0.39 is 0 Å². The molecule has 0 spiro atoms. The van der Waals surface area contributed by atoms with Crippen LogP contribution in [0.15, 0.2) is 60.8 Å². The molecule has 33 heavy (non-hydrogen) atoms. The van der Waals surface area contributed by atoms with E-state index in [2.05, 4.69) is 56.0 Å². The summed E-state index contributed by atoms with van der Waals surface area (Å²) in [6, 6.07) is 17.7. The number of aromatic nitrogens is 3. The Morgan fingerprint density at radius 2 is 1.70 bits per heavy atom. The number of nitrogens with one attached hydrogen (secondary N) is 2. The van der Waals surface area contributed by atoms with Gasteiger partial charge in [0, 0.05) is 60.4 Å². The number of carbonyl (C=O) groups is 1. The molecule has 2 aromatic carbocycles. The van der Waals surface area contributed by atoms with Crippen LogP contribution in [0.1, 0.15) is 25.1 Å². The van der Waals surface area contributed by atoms with Crippen molar-refractivity contribution in [2.75, 3.05) is 28.6 Å². The molecule has 4 aromatic rings. The lowest BCUT2D eigenvalue weighted by Crippen LogP contribution is -2.23. The first kappa shape index (κ1) is 22.3. The minimum absolute atomic E-state index is 0.0436. The number of aryl methyl sites for hydroxylation is 2. The molecule has 170 valence electrons. The van der Waals surface area contributed by atoms with Crippen molar-refractivity contribution >= 4 is 40.0 Å². The van der Waals surface area contributed by atoms with Crippen LogP contribution in [-0.4, -0.2) is 33.5 Å². The van der Waals surface area contributed by atoms with Crippen LogP contribution < -0.4 is 15.5 Å². The Hall–Kier alpha value is -3.87. The standard InChI is InChI=1S/C26H30N6O/c1-5-32(6-2)24-15-18(3)27-26(30-24)29-21-13-11-20(12-14-21)28-25(33)16-19-17-31(4)23-10-8-7-9-22(19)23/h7-15,17H,5-6,16H2,1-4H3,(H,28,33)(H,27,29,30). The average Bonchev–Trinajstić information content (AvgIpc) is 3.11. The third-order valence-corrected chi connectivity index (χ3v) is 5.68. The van der Waals surface area contributed by atoms with Crippen LogP contribution in [0.3, 0.4) is 0 Å². The third kappa shape index (κ3) is 5.14. The van der Waals surface area contributed by atoms with Gasteiger partial charge < -0.3 is 20.1 Å². The van der Waals surface area contributed by atoms with Crippen molar-refractivity contribution in [3.05, 3.63) is 72.1 Å². The number of para-hydroxylation sites is 1. The second kappa shape index (κ2) is 9.73. The normalized spacial score (nSPS) is 10.9. The number of amides is 1. The molecule has 0 unspecified atom stereocenters. The van der Waals surface area contributed by atoms with Crippen LogP contribution in [0.4, 0.5) is 23.1 Å². The van der Waals surface area contributed by atoms with Crippen LogP contribution in [0.25, 0.3) is 10.9 Å². The zero-order valence-electron chi connectivity index (χ0n) is 19.6. The zero-order chi connectivity index (χ0) is 23.4. The highest BCUT2D eigenvalue weighted by molar-refractivity contribution is 5.96. The van der Waals surface area contributed by atoms with E-state index in [1.165, 1.54) is 0 Å². The SMILES string of the molecule is CCN(CC)c1cc(C)nc(Nc2ccc(NC(=O)Cc3cn(C)c4ccccc34)cc2)n1. The lowest BCUT2D eigenvalue weighted by Gasteiger charge is -2.20. The topological polar surface area (TPSA) is 75.1 Å². The number of anilines is 4. The fourth-order valence-corrected chi connectivity index (χ4v) is 4.03. The predicted octanol–water partition coefficient (Wildman–Crippen LogP) is 5.05. The second-order valence-electron chi connectivity index (χ2n) is 8.07. The first-order valence-corrected chi connectivity index (χ1v) is 11.3. The van der Waals surface area contributed by atoms with Crippen molar-refractivity contribution in [3.63, 3.8) is 0 Å². The van der Waals surface area contributed by atoms with Crippen molar-refractivity contribution in [2.45, 2.75) is 27.2 Å². The summed E-state index contributed by atoms with van der Waals surface area (Å²) in [5, 5.41) is 7.37. The van der Waals surface area contributed by atoms with Gasteiger partial charge in [-0.25, -0.2) is 4.98 Å². The number of carbonyl (C=O) groups excluding carboxylic acids is 1. The lowest BCUT2D eigenvalue weighted by atomic mass is 10.1. The Balaban J connectivity index is 1.42. The Morgan fingerprint density at radius 3 is 2.42 bits per heavy atom. The number of hydrogen-bond acceptors (Lipinski definition) is 5. The molecule has 7 nitrogen and oxygen atoms in total. The van der Waals surface area contributed by atoms with E-state index in [0.29, 0.717) is 12.4 Å². The molecular formula is C26H30N6O. The van der Waals surface area contributed by atoms with E-state index in [4.69, 9.17) is 0 Å². The van der Waals surface area contributed by atoms with Crippen LogP contribution in [0.5, 0.6) is 0 Å². The first-order chi connectivity index (χ1) is 16.0. The van der Waals surface area contributed by atoms with Crippen LogP contribution in [-0.2, 0) is 18.3 Å². The smallest absolute Gasteiger partial charge is 0.229 e. The first-order valence-electron chi connectivity index (χ1n) is 11.3. The van der Waals surface area contributed by atoms with E-state index in [1.54, 1.807) is 0 Å². The molecular weight excluding hydrogens is 412 g/mol. The average molecular weight is 443 g/mol. The number of fused-ring (bicyclic) bond motifs is 1. The Kier molecular flexibility index (Phi) is 6.58. The lowest BCUT2D eigenvalue weighted by molar-refractivity contribution is -0.115. The van der Waals surface area contributed by atoms with Gasteiger partial charge in [-0.15, -0.1) is 0 Å². The maximum atomic E-state index is 12.6. The quantitative estimate of drug-likeness (QED) is 0.399. The van der Waals surface area contributed by atoms with Crippen molar-refractivity contribution < 1.29 is 4.79 Å². The molecule has 7 heteroatoms. The molecule has 2 heterocycles. The van der Waals surface area contributed by atoms with Gasteiger partial charge in [0.2, 0.25) is 11.9 Å². The van der Waals surface area contributed by atoms with Gasteiger partial charge in [0.05, 0.1) is 6.42 Å². The van der Waals surface area contributed by atoms with Gasteiger partial charge in [0.1, 0.15) is 5.82 Å². The molecule has 0 aliphatic rings. The summed E-state index contributed by atoms with van der Waals surface area (Å²) in [5.41, 5.74) is 4.66. The molecule has 2 N–H and O–H groups in total. The minimum Gasteiger partial charge on any atom is -0.357 e. The maximum absolute atomic E-state index is 12.6. The van der Waals surface area contributed by atoms with Crippen molar-refractivity contribution in [1.29, 1.82) is 0 Å². The summed E-state index contributed by atoms with van der Waals surface area (Å²) in [5.74, 6) is 1.43. The molecule has 2 aromatic heterocycles. The minimum atomic E-state index is -0.0436. The van der Waals surface area contributed by atoms with Gasteiger partial charge in [-0.05, 0) is 56.7 Å². The molecule has 0 aliphatic carbocycles. The summed E-state index contributed by atoms with van der Waals surface area (Å²) in [7, 11) is 2.00. The van der Waals surface area contributed by atoms with E-state index in [0.717, 1.165) is 52.4 Å². The molecule has 1 amide bonds. The Labute approximate surface area is 194 Å². The van der Waals surface area contributed by atoms with Gasteiger partial charge in [-0.1, -0.05) is 18.2 Å². The van der Waals surface area contributed by atoms with Crippen molar-refractivity contribution in [3.8, 4) is 0 Å². The fraction of sp³-hybridized carbons (Fsp3) is 0.269. The van der Waals surface area contributed by atoms with Gasteiger partial charge in [0.25, 0.3) is 0 Å². The van der Waals surface area contributed by atoms with Gasteiger partial charge in [0.15, 0.2) is 0 Å². The fourth-order valence-electron chi connectivity index (χ4n) is 4.03.